The molecule has 3 N–H and O–H groups in total. The van der Waals surface area contributed by atoms with Crippen LogP contribution in [0.4, 0.5) is 24.8 Å². The van der Waals surface area contributed by atoms with Gasteiger partial charge in [-0.1, -0.05) is 6.07 Å². The first kappa shape index (κ1) is 25.0. The van der Waals surface area contributed by atoms with Crippen LogP contribution in [0.5, 0.6) is 0 Å². The molecular weight excluding hydrogens is 485 g/mol. The van der Waals surface area contributed by atoms with Crippen molar-refractivity contribution in [1.82, 2.24) is 15.0 Å². The molecule has 1 aromatic carbocycles. The Labute approximate surface area is 202 Å². The molecule has 2 aromatic heterocycles. The monoisotopic (exact) mass is 508 g/mol. The van der Waals surface area contributed by atoms with Gasteiger partial charge in [-0.05, 0) is 49.1 Å². The molecule has 0 radical (unpaired) electrons. The number of carboxylic acids is 1. The fraction of sp³-hybridized carbons (Fsp3) is 0.391. The average Bonchev–Trinajstić information content (AvgIpc) is 3.29. The fourth-order valence-corrected chi connectivity index (χ4v) is 5.24. The number of aromatic nitrogens is 3. The number of rotatable bonds is 6. The van der Waals surface area contributed by atoms with Gasteiger partial charge in [-0.25, -0.2) is 15.0 Å². The molecule has 1 aliphatic carbocycles. The van der Waals surface area contributed by atoms with Crippen LogP contribution in [-0.4, -0.2) is 44.3 Å². The van der Waals surface area contributed by atoms with Crippen LogP contribution in [0.2, 0.25) is 0 Å². The minimum absolute atomic E-state index is 0.112. The number of benzene rings is 1. The van der Waals surface area contributed by atoms with Crippen LogP contribution in [0, 0.1) is 12.8 Å². The number of hydrogen-bond acceptors (Lipinski definition) is 8. The van der Waals surface area contributed by atoms with Crippen molar-refractivity contribution in [3.8, 4) is 10.4 Å². The summed E-state index contributed by atoms with van der Waals surface area (Å²) in [5.41, 5.74) is -0.280. The number of thiazole rings is 1. The Balaban J connectivity index is 1.58. The van der Waals surface area contributed by atoms with Gasteiger partial charge in [-0.3, -0.25) is 4.79 Å². The molecule has 186 valence electrons. The number of nitrogens with zero attached hydrogens (tertiary/aromatic N) is 3. The summed E-state index contributed by atoms with van der Waals surface area (Å²) < 4.78 is 44.2. The van der Waals surface area contributed by atoms with E-state index < -0.39 is 35.5 Å². The number of anilines is 2. The van der Waals surface area contributed by atoms with Crippen molar-refractivity contribution in [2.75, 3.05) is 12.4 Å². The number of ether oxygens (including phenoxy) is 1. The van der Waals surface area contributed by atoms with Gasteiger partial charge >= 0.3 is 12.1 Å². The maximum absolute atomic E-state index is 13.0. The zero-order valence-electron chi connectivity index (χ0n) is 18.8. The molecule has 3 atom stereocenters. The van der Waals surface area contributed by atoms with E-state index in [1.807, 2.05) is 13.0 Å². The van der Waals surface area contributed by atoms with E-state index >= 15 is 0 Å². The highest BCUT2D eigenvalue weighted by Crippen LogP contribution is 2.44. The van der Waals surface area contributed by atoms with Gasteiger partial charge in [0, 0.05) is 31.6 Å². The summed E-state index contributed by atoms with van der Waals surface area (Å²) >= 11 is 1.27. The summed E-state index contributed by atoms with van der Waals surface area (Å²) in [5, 5.41) is 23.9. The molecule has 1 aliphatic rings. The molecule has 4 rings (SSSR count). The predicted molar refractivity (Wildman–Crippen MR) is 122 cm³/mol. The number of aliphatic hydroxyl groups is 1. The summed E-state index contributed by atoms with van der Waals surface area (Å²) in [5.74, 6) is -1.83. The number of methoxy groups -OCH3 is 1. The predicted octanol–water partition coefficient (Wildman–Crippen LogP) is 4.76. The third-order valence-corrected chi connectivity index (χ3v) is 7.18. The molecule has 0 bridgehead atoms. The van der Waals surface area contributed by atoms with Crippen LogP contribution in [0.3, 0.4) is 0 Å². The number of hydrogen-bond donors (Lipinski definition) is 3. The topological polar surface area (TPSA) is 117 Å². The molecule has 0 saturated heterocycles. The number of carbonyl (C=O) groups is 1. The number of aryl methyl sites for hydroxylation is 1. The largest absolute Gasteiger partial charge is 0.481 e. The summed E-state index contributed by atoms with van der Waals surface area (Å²) in [4.78, 5) is 24.0. The second kappa shape index (κ2) is 9.51. The first-order valence-electron chi connectivity index (χ1n) is 10.7. The van der Waals surface area contributed by atoms with Crippen molar-refractivity contribution in [3.63, 3.8) is 0 Å². The number of alkyl halides is 3. The van der Waals surface area contributed by atoms with E-state index in [0.29, 0.717) is 10.7 Å². The molecule has 0 aliphatic heterocycles. The average molecular weight is 509 g/mol. The van der Waals surface area contributed by atoms with E-state index in [9.17, 15) is 28.2 Å². The number of halogens is 3. The summed E-state index contributed by atoms with van der Waals surface area (Å²) in [6, 6.07) is 6.17. The van der Waals surface area contributed by atoms with Gasteiger partial charge < -0.3 is 20.3 Å². The first-order valence-corrected chi connectivity index (χ1v) is 11.5. The van der Waals surface area contributed by atoms with Crippen molar-refractivity contribution >= 4 is 28.9 Å². The molecule has 0 spiro atoms. The maximum atomic E-state index is 13.0. The minimum atomic E-state index is -4.58. The summed E-state index contributed by atoms with van der Waals surface area (Å²) in [6.07, 6.45) is -1.96. The molecule has 35 heavy (non-hydrogen) atoms. The fourth-order valence-electron chi connectivity index (χ4n) is 4.21. The Morgan fingerprint density at radius 3 is 2.74 bits per heavy atom. The lowest BCUT2D eigenvalue weighted by Crippen LogP contribution is -2.43. The normalized spacial score (nSPS) is 22.7. The third-order valence-electron chi connectivity index (χ3n) is 5.94. The van der Waals surface area contributed by atoms with E-state index in [1.165, 1.54) is 18.4 Å². The molecule has 2 heterocycles. The third kappa shape index (κ3) is 5.44. The van der Waals surface area contributed by atoms with Gasteiger partial charge in [-0.2, -0.15) is 13.2 Å². The SMILES string of the molecule is CO[C@@H]1C[C@](O)(c2ncc(-c3cc(C)cc(Nc4nccc(C(F)(F)F)n4)c3)s2)CC[C@H]1C(=O)O. The lowest BCUT2D eigenvalue weighted by molar-refractivity contribution is -0.155. The second-order valence-electron chi connectivity index (χ2n) is 8.50. The molecule has 1 saturated carbocycles. The van der Waals surface area contributed by atoms with Gasteiger partial charge in [0.25, 0.3) is 0 Å². The smallest absolute Gasteiger partial charge is 0.433 e. The van der Waals surface area contributed by atoms with Gasteiger partial charge in [-0.15, -0.1) is 11.3 Å². The van der Waals surface area contributed by atoms with Crippen LogP contribution < -0.4 is 5.32 Å². The first-order chi connectivity index (χ1) is 16.5. The Bertz CT molecular complexity index is 1240. The maximum Gasteiger partial charge on any atom is 0.433 e. The summed E-state index contributed by atoms with van der Waals surface area (Å²) in [6.45, 7) is 1.84. The quantitative estimate of drug-likeness (QED) is 0.436. The number of carboxylic acid groups (broad SMARTS) is 1. The van der Waals surface area contributed by atoms with Crippen molar-refractivity contribution in [2.24, 2.45) is 5.92 Å². The van der Waals surface area contributed by atoms with Crippen LogP contribution in [-0.2, 0) is 21.3 Å². The van der Waals surface area contributed by atoms with Crippen LogP contribution in [0.25, 0.3) is 10.4 Å². The lowest BCUT2D eigenvalue weighted by atomic mass is 9.77. The van der Waals surface area contributed by atoms with Crippen LogP contribution in [0.1, 0.15) is 35.5 Å². The lowest BCUT2D eigenvalue weighted by Gasteiger charge is -2.38. The van der Waals surface area contributed by atoms with Gasteiger partial charge in [0.15, 0.2) is 0 Å². The van der Waals surface area contributed by atoms with E-state index in [2.05, 4.69) is 20.3 Å². The molecule has 0 amide bonds. The van der Waals surface area contributed by atoms with Crippen LogP contribution in [0.15, 0.2) is 36.7 Å². The van der Waals surface area contributed by atoms with E-state index in [0.717, 1.165) is 28.3 Å². The molecule has 3 aromatic rings. The molecule has 1 fully saturated rings. The zero-order valence-corrected chi connectivity index (χ0v) is 19.7. The highest BCUT2D eigenvalue weighted by atomic mass is 32.1. The van der Waals surface area contributed by atoms with Crippen molar-refractivity contribution < 1.29 is 32.9 Å². The summed E-state index contributed by atoms with van der Waals surface area (Å²) in [7, 11) is 1.43. The Kier molecular flexibility index (Phi) is 6.80. The van der Waals surface area contributed by atoms with Gasteiger partial charge in [0.05, 0.1) is 16.9 Å². The number of nitrogens with one attached hydrogen (secondary N) is 1. The van der Waals surface area contributed by atoms with E-state index in [-0.39, 0.29) is 25.2 Å². The molecule has 12 heteroatoms. The number of aliphatic carboxylic acids is 1. The van der Waals surface area contributed by atoms with Gasteiger partial charge in [0.2, 0.25) is 5.95 Å². The molecule has 8 nitrogen and oxygen atoms in total. The molecular formula is C23H23F3N4O4S. The van der Waals surface area contributed by atoms with Crippen molar-refractivity contribution in [2.45, 2.75) is 44.1 Å². The van der Waals surface area contributed by atoms with E-state index in [4.69, 9.17) is 4.74 Å². The van der Waals surface area contributed by atoms with Crippen molar-refractivity contribution in [1.29, 1.82) is 0 Å². The van der Waals surface area contributed by atoms with Gasteiger partial charge in [0.1, 0.15) is 16.3 Å². The highest BCUT2D eigenvalue weighted by Gasteiger charge is 2.45. The Morgan fingerprint density at radius 1 is 1.29 bits per heavy atom. The van der Waals surface area contributed by atoms with E-state index in [1.54, 1.807) is 18.3 Å². The van der Waals surface area contributed by atoms with Crippen LogP contribution >= 0.6 is 11.3 Å². The standard InChI is InChI=1S/C23H23F3N4O4S/c1-12-7-13(9-14(8-12)29-21-27-6-4-18(30-21)23(24,25)26)17-11-28-20(35-17)22(33)5-3-15(19(31)32)16(10-22)34-2/h4,6-9,11,15-16,33H,3,5,10H2,1-2H3,(H,31,32)(H,27,29,30)/t15-,16-,22+/m1/s1. The van der Waals surface area contributed by atoms with Crippen molar-refractivity contribution in [3.05, 3.63) is 52.9 Å². The zero-order chi connectivity index (χ0) is 25.4. The second-order valence-corrected chi connectivity index (χ2v) is 9.53. The highest BCUT2D eigenvalue weighted by molar-refractivity contribution is 7.15. The Morgan fingerprint density at radius 2 is 2.06 bits per heavy atom. The Hall–Kier alpha value is -3.09. The minimum Gasteiger partial charge on any atom is -0.481 e. The molecule has 0 unspecified atom stereocenters.